The van der Waals surface area contributed by atoms with Crippen molar-refractivity contribution < 1.29 is 118 Å². The molecule has 1 heterocycles. The molecule has 0 aliphatic rings. The number of carbonyl (C=O) groups excluding carboxylic acids is 1. The Morgan fingerprint density at radius 1 is 1.18 bits per heavy atom. The van der Waals surface area contributed by atoms with Gasteiger partial charge in [-0.15, -0.1) is 0 Å². The Morgan fingerprint density at radius 3 is 1.55 bits per heavy atom. The Kier molecular flexibility index (Phi) is 23.9. The largest absolute Gasteiger partial charge is 1.00 e. The molecule has 1 N–H and O–H groups in total. The number of carboxylic acid groups (broad SMARTS) is 2. The van der Waals surface area contributed by atoms with E-state index in [0.29, 0.717) is 0 Å². The minimum Gasteiger partial charge on any atom is -0.652 e. The Bertz CT molecular complexity index is 136. The maximum Gasteiger partial charge on any atom is 1.00 e. The van der Waals surface area contributed by atoms with Gasteiger partial charge in [0.25, 0.3) is 0 Å². The van der Waals surface area contributed by atoms with E-state index in [2.05, 4.69) is 15.4 Å². The van der Waals surface area contributed by atoms with Gasteiger partial charge in [0.15, 0.2) is 0 Å². The van der Waals surface area contributed by atoms with Crippen LogP contribution in [0, 0.1) is 0 Å². The van der Waals surface area contributed by atoms with Crippen molar-refractivity contribution in [3.05, 3.63) is 12.4 Å². The van der Waals surface area contributed by atoms with Crippen molar-refractivity contribution in [1.82, 2.24) is 15.4 Å². The van der Waals surface area contributed by atoms with Crippen molar-refractivity contribution in [3.8, 4) is 0 Å². The monoisotopic (exact) mass is 207 g/mol. The molecule has 0 radical (unpaired) electrons. The maximum atomic E-state index is 8.33. The molecule has 6 nitrogen and oxygen atoms in total. The number of hydrogen-bond donors (Lipinski definition) is 1. The summed E-state index contributed by atoms with van der Waals surface area (Å²) in [6, 6.07) is 0. The standard InChI is InChI=1S/C2H3N3.CH2O3.2K/c1-2-4-5-3-1;2-1(3)4;;/h1-2H,(H,3,4,5);(H2,2,3,4);;/q;;2*+1/p-2. The average Bonchev–Trinajstić information content (AvgIpc) is 2.11. The van der Waals surface area contributed by atoms with Crippen LogP contribution in [0.4, 0.5) is 4.79 Å². The van der Waals surface area contributed by atoms with Crippen LogP contribution in [0.2, 0.25) is 0 Å². The van der Waals surface area contributed by atoms with Gasteiger partial charge >= 0.3 is 103 Å². The topological polar surface area (TPSA) is 105 Å². The number of rotatable bonds is 0. The van der Waals surface area contributed by atoms with E-state index >= 15 is 0 Å². The number of hydrogen-bond acceptors (Lipinski definition) is 5. The molecule has 0 atom stereocenters. The van der Waals surface area contributed by atoms with Gasteiger partial charge in [0.2, 0.25) is 0 Å². The molecule has 0 saturated carbocycles. The fourth-order valence-corrected chi connectivity index (χ4v) is 0.167. The van der Waals surface area contributed by atoms with Crippen molar-refractivity contribution in [1.29, 1.82) is 0 Å². The first-order valence-electron chi connectivity index (χ1n) is 1.91. The Hall–Kier alpha value is 1.68. The zero-order valence-electron chi connectivity index (χ0n) is 6.27. The summed E-state index contributed by atoms with van der Waals surface area (Å²) in [5, 5.41) is 26.0. The molecule has 0 aliphatic heterocycles. The van der Waals surface area contributed by atoms with Gasteiger partial charge < -0.3 is 15.0 Å². The van der Waals surface area contributed by atoms with Gasteiger partial charge in [0.05, 0.1) is 12.4 Å². The molecule has 1 aromatic heterocycles. The van der Waals surface area contributed by atoms with E-state index in [4.69, 9.17) is 15.0 Å². The van der Waals surface area contributed by atoms with Crippen LogP contribution in [-0.4, -0.2) is 21.6 Å². The SMILES string of the molecule is O=C([O-])[O-].[K+].[K+].c1cn[nH]n1. The second kappa shape index (κ2) is 14.2. The van der Waals surface area contributed by atoms with E-state index in [-0.39, 0.29) is 103 Å². The van der Waals surface area contributed by atoms with E-state index in [1.54, 1.807) is 12.4 Å². The molecule has 50 valence electrons. The maximum absolute atomic E-state index is 8.33. The smallest absolute Gasteiger partial charge is 0.652 e. The molecular weight excluding hydrogens is 204 g/mol. The van der Waals surface area contributed by atoms with Crippen LogP contribution in [0.15, 0.2) is 12.4 Å². The predicted octanol–water partition coefficient (Wildman–Crippen LogP) is -8.63. The summed E-state index contributed by atoms with van der Waals surface area (Å²) in [7, 11) is 0. The summed E-state index contributed by atoms with van der Waals surface area (Å²) in [5.74, 6) is 0. The van der Waals surface area contributed by atoms with Crippen LogP contribution in [0.3, 0.4) is 0 Å². The van der Waals surface area contributed by atoms with E-state index in [9.17, 15) is 0 Å². The average molecular weight is 207 g/mol. The Morgan fingerprint density at radius 2 is 1.45 bits per heavy atom. The molecule has 1 aromatic rings. The molecule has 0 saturated heterocycles. The molecular formula is C3H3K2N3O3. The fraction of sp³-hybridized carbons (Fsp3) is 0. The van der Waals surface area contributed by atoms with Crippen LogP contribution >= 0.6 is 0 Å². The number of carbonyl (C=O) groups is 1. The summed E-state index contributed by atoms with van der Waals surface area (Å²) in [4.78, 5) is 8.33. The van der Waals surface area contributed by atoms with E-state index in [0.717, 1.165) is 0 Å². The number of nitrogens with one attached hydrogen (secondary N) is 1. The summed E-state index contributed by atoms with van der Waals surface area (Å²) in [6.07, 6.45) is 0.833. The van der Waals surface area contributed by atoms with Gasteiger partial charge in [-0.2, -0.15) is 15.4 Å². The van der Waals surface area contributed by atoms with Gasteiger partial charge in [-0.1, -0.05) is 0 Å². The van der Waals surface area contributed by atoms with Gasteiger partial charge in [-0.25, -0.2) is 0 Å². The van der Waals surface area contributed by atoms with Crippen LogP contribution in [-0.2, 0) is 0 Å². The fourth-order valence-electron chi connectivity index (χ4n) is 0.167. The number of H-pyrrole nitrogens is 1. The molecule has 0 aliphatic carbocycles. The van der Waals surface area contributed by atoms with Crippen molar-refractivity contribution >= 4 is 6.16 Å². The Balaban J connectivity index is -0.000000101. The second-order valence-electron chi connectivity index (χ2n) is 0.906. The van der Waals surface area contributed by atoms with Crippen molar-refractivity contribution in [2.45, 2.75) is 0 Å². The molecule has 0 unspecified atom stereocenters. The molecule has 0 fully saturated rings. The zero-order valence-corrected chi connectivity index (χ0v) is 12.5. The quantitative estimate of drug-likeness (QED) is 0.425. The molecule has 8 heteroatoms. The molecule has 11 heavy (non-hydrogen) atoms. The predicted molar refractivity (Wildman–Crippen MR) is 21.8 cm³/mol. The van der Waals surface area contributed by atoms with Crippen molar-refractivity contribution in [2.24, 2.45) is 0 Å². The summed E-state index contributed by atoms with van der Waals surface area (Å²) >= 11 is 0. The second-order valence-corrected chi connectivity index (χ2v) is 0.906. The molecule has 1 rings (SSSR count). The van der Waals surface area contributed by atoms with Crippen molar-refractivity contribution in [2.75, 3.05) is 0 Å². The summed E-state index contributed by atoms with van der Waals surface area (Å²) < 4.78 is 0. The number of aromatic nitrogens is 3. The van der Waals surface area contributed by atoms with E-state index < -0.39 is 6.16 Å². The third-order valence-electron chi connectivity index (χ3n) is 0.331. The van der Waals surface area contributed by atoms with E-state index in [1.165, 1.54) is 0 Å². The third kappa shape index (κ3) is 24.5. The zero-order chi connectivity index (χ0) is 7.11. The first-order valence-corrected chi connectivity index (χ1v) is 1.91. The third-order valence-corrected chi connectivity index (χ3v) is 0.331. The number of aromatic amines is 1. The van der Waals surface area contributed by atoms with Gasteiger partial charge in [-0.05, 0) is 6.16 Å². The first kappa shape index (κ1) is 18.5. The summed E-state index contributed by atoms with van der Waals surface area (Å²) in [6.45, 7) is 0. The van der Waals surface area contributed by atoms with Gasteiger partial charge in [0.1, 0.15) is 0 Å². The summed E-state index contributed by atoms with van der Waals surface area (Å²) in [5.41, 5.74) is 0. The molecule has 0 aromatic carbocycles. The molecule has 0 amide bonds. The minimum atomic E-state index is -2.33. The van der Waals surface area contributed by atoms with Crippen LogP contribution < -0.4 is 113 Å². The van der Waals surface area contributed by atoms with Crippen LogP contribution in [0.25, 0.3) is 0 Å². The minimum absolute atomic E-state index is 0. The Labute approximate surface area is 148 Å². The van der Waals surface area contributed by atoms with Crippen molar-refractivity contribution in [3.63, 3.8) is 0 Å². The van der Waals surface area contributed by atoms with E-state index in [1.807, 2.05) is 0 Å². The van der Waals surface area contributed by atoms with Gasteiger partial charge in [0, 0.05) is 0 Å². The van der Waals surface area contributed by atoms with Gasteiger partial charge in [-0.3, -0.25) is 0 Å². The molecule has 0 bridgehead atoms. The molecule has 0 spiro atoms. The normalized spacial score (nSPS) is 5.82. The first-order chi connectivity index (χ1) is 4.23. The van der Waals surface area contributed by atoms with Crippen LogP contribution in [0.5, 0.6) is 0 Å². The van der Waals surface area contributed by atoms with Crippen LogP contribution in [0.1, 0.15) is 0 Å². The number of nitrogens with zero attached hydrogens (tertiary/aromatic N) is 2.